The molecule has 6 nitrogen and oxygen atoms in total. The van der Waals surface area contributed by atoms with Gasteiger partial charge in [0, 0.05) is 29.7 Å². The number of benzene rings is 1. The van der Waals surface area contributed by atoms with E-state index in [4.69, 9.17) is 0 Å². The fourth-order valence-corrected chi connectivity index (χ4v) is 3.16. The topological polar surface area (TPSA) is 82.3 Å². The van der Waals surface area contributed by atoms with Crippen LogP contribution in [0.4, 0.5) is 0 Å². The summed E-state index contributed by atoms with van der Waals surface area (Å²) in [5.41, 5.74) is 0.367. The summed E-state index contributed by atoms with van der Waals surface area (Å²) in [6.07, 6.45) is 4.51. The van der Waals surface area contributed by atoms with E-state index >= 15 is 0 Å². The number of rotatable bonds is 3. The molecule has 0 saturated carbocycles. The number of carbonyl (C=O) groups is 2. The second kappa shape index (κ2) is 6.86. The summed E-state index contributed by atoms with van der Waals surface area (Å²) < 4.78 is 0. The van der Waals surface area contributed by atoms with E-state index < -0.39 is 5.91 Å². The van der Waals surface area contributed by atoms with Crippen molar-refractivity contribution in [1.29, 1.82) is 0 Å². The van der Waals surface area contributed by atoms with E-state index in [2.05, 4.69) is 10.3 Å². The van der Waals surface area contributed by atoms with Gasteiger partial charge >= 0.3 is 0 Å². The molecule has 0 unspecified atom stereocenters. The van der Waals surface area contributed by atoms with Crippen LogP contribution in [0.25, 0.3) is 10.9 Å². The monoisotopic (exact) mass is 327 g/mol. The summed E-state index contributed by atoms with van der Waals surface area (Å²) in [5, 5.41) is 3.03. The SMILES string of the molecule is C[C@H]1CCCCN1C(=O)CNC(=O)c1c[nH]c2ccccc2c1=O. The van der Waals surface area contributed by atoms with Gasteiger partial charge in [0.05, 0.1) is 6.54 Å². The van der Waals surface area contributed by atoms with Crippen LogP contribution >= 0.6 is 0 Å². The number of hydrogen-bond donors (Lipinski definition) is 2. The van der Waals surface area contributed by atoms with Gasteiger partial charge in [-0.15, -0.1) is 0 Å². The van der Waals surface area contributed by atoms with Crippen molar-refractivity contribution in [2.24, 2.45) is 0 Å². The van der Waals surface area contributed by atoms with Gasteiger partial charge in [-0.2, -0.15) is 0 Å². The number of nitrogens with zero attached hydrogens (tertiary/aromatic N) is 1. The molecule has 24 heavy (non-hydrogen) atoms. The largest absolute Gasteiger partial charge is 0.360 e. The van der Waals surface area contributed by atoms with E-state index in [1.807, 2.05) is 13.0 Å². The van der Waals surface area contributed by atoms with Crippen LogP contribution in [0.5, 0.6) is 0 Å². The number of para-hydroxylation sites is 1. The quantitative estimate of drug-likeness (QED) is 0.899. The molecule has 2 N–H and O–H groups in total. The summed E-state index contributed by atoms with van der Waals surface area (Å²) in [7, 11) is 0. The number of hydrogen-bond acceptors (Lipinski definition) is 3. The Morgan fingerprint density at radius 2 is 2.08 bits per heavy atom. The molecule has 1 saturated heterocycles. The van der Waals surface area contributed by atoms with Crippen molar-refractivity contribution < 1.29 is 9.59 Å². The highest BCUT2D eigenvalue weighted by atomic mass is 16.2. The molecule has 6 heteroatoms. The predicted molar refractivity (Wildman–Crippen MR) is 91.9 cm³/mol. The van der Waals surface area contributed by atoms with Crippen LogP contribution in [0, 0.1) is 0 Å². The molecular formula is C18H21N3O3. The zero-order chi connectivity index (χ0) is 17.1. The lowest BCUT2D eigenvalue weighted by Gasteiger charge is -2.33. The fraction of sp³-hybridized carbons (Fsp3) is 0.389. The highest BCUT2D eigenvalue weighted by Crippen LogP contribution is 2.16. The molecule has 2 heterocycles. The molecule has 0 spiro atoms. The lowest BCUT2D eigenvalue weighted by atomic mass is 10.0. The lowest BCUT2D eigenvalue weighted by Crippen LogP contribution is -2.47. The predicted octanol–water partition coefficient (Wildman–Crippen LogP) is 1.66. The zero-order valence-corrected chi connectivity index (χ0v) is 13.7. The first-order valence-electron chi connectivity index (χ1n) is 8.26. The summed E-state index contributed by atoms with van der Waals surface area (Å²) in [6, 6.07) is 7.22. The molecule has 1 aromatic heterocycles. The molecule has 1 aliphatic heterocycles. The van der Waals surface area contributed by atoms with Crippen LogP contribution in [0.2, 0.25) is 0 Å². The van der Waals surface area contributed by atoms with Gasteiger partial charge in [0.2, 0.25) is 11.3 Å². The van der Waals surface area contributed by atoms with Crippen LogP contribution in [-0.4, -0.2) is 40.8 Å². The third-order valence-electron chi connectivity index (χ3n) is 4.56. The van der Waals surface area contributed by atoms with Crippen molar-refractivity contribution in [2.45, 2.75) is 32.2 Å². The molecular weight excluding hydrogens is 306 g/mol. The molecule has 0 aliphatic carbocycles. The van der Waals surface area contributed by atoms with Gasteiger partial charge in [0.25, 0.3) is 5.91 Å². The molecule has 3 rings (SSSR count). The van der Waals surface area contributed by atoms with E-state index in [9.17, 15) is 14.4 Å². The molecule has 1 fully saturated rings. The van der Waals surface area contributed by atoms with E-state index in [0.29, 0.717) is 10.9 Å². The Kier molecular flexibility index (Phi) is 4.64. The van der Waals surface area contributed by atoms with Gasteiger partial charge in [0.15, 0.2) is 0 Å². The number of carbonyl (C=O) groups excluding carboxylic acids is 2. The average molecular weight is 327 g/mol. The maximum atomic E-state index is 12.4. The first kappa shape index (κ1) is 16.2. The maximum Gasteiger partial charge on any atom is 0.257 e. The Morgan fingerprint density at radius 3 is 2.88 bits per heavy atom. The molecule has 126 valence electrons. The van der Waals surface area contributed by atoms with Gasteiger partial charge in [-0.05, 0) is 38.3 Å². The number of piperidine rings is 1. The first-order valence-corrected chi connectivity index (χ1v) is 8.26. The minimum atomic E-state index is -0.528. The average Bonchev–Trinajstić information content (AvgIpc) is 2.60. The van der Waals surface area contributed by atoms with Crippen LogP contribution in [0.3, 0.4) is 0 Å². The van der Waals surface area contributed by atoms with Crippen molar-refractivity contribution in [3.63, 3.8) is 0 Å². The highest BCUT2D eigenvalue weighted by molar-refractivity contribution is 5.98. The summed E-state index contributed by atoms with van der Waals surface area (Å²) >= 11 is 0. The van der Waals surface area contributed by atoms with Crippen LogP contribution in [0.15, 0.2) is 35.3 Å². The van der Waals surface area contributed by atoms with Crippen LogP contribution in [0.1, 0.15) is 36.5 Å². The van der Waals surface area contributed by atoms with E-state index in [-0.39, 0.29) is 29.5 Å². The Morgan fingerprint density at radius 1 is 1.29 bits per heavy atom. The molecule has 1 aliphatic rings. The second-order valence-electron chi connectivity index (χ2n) is 6.19. The number of H-pyrrole nitrogens is 1. The van der Waals surface area contributed by atoms with Crippen LogP contribution in [-0.2, 0) is 4.79 Å². The number of likely N-dealkylation sites (tertiary alicyclic amines) is 1. The number of aromatic amines is 1. The number of pyridine rings is 1. The van der Waals surface area contributed by atoms with Gasteiger partial charge < -0.3 is 15.2 Å². The molecule has 0 radical (unpaired) electrons. The summed E-state index contributed by atoms with van der Waals surface area (Å²) in [5.74, 6) is -0.632. The molecule has 2 amide bonds. The van der Waals surface area contributed by atoms with Gasteiger partial charge in [-0.1, -0.05) is 12.1 Å². The number of amides is 2. The minimum absolute atomic E-state index is 0.0215. The molecule has 1 atom stereocenters. The van der Waals surface area contributed by atoms with Crippen LogP contribution < -0.4 is 10.7 Å². The fourth-order valence-electron chi connectivity index (χ4n) is 3.16. The zero-order valence-electron chi connectivity index (χ0n) is 13.7. The first-order chi connectivity index (χ1) is 11.6. The summed E-state index contributed by atoms with van der Waals surface area (Å²) in [4.78, 5) is 41.7. The Bertz CT molecular complexity index is 828. The van der Waals surface area contributed by atoms with Crippen molar-refractivity contribution in [3.8, 4) is 0 Å². The third-order valence-corrected chi connectivity index (χ3v) is 4.56. The Balaban J connectivity index is 1.70. The smallest absolute Gasteiger partial charge is 0.257 e. The molecule has 0 bridgehead atoms. The Labute approximate surface area is 139 Å². The van der Waals surface area contributed by atoms with Gasteiger partial charge in [-0.3, -0.25) is 14.4 Å². The van der Waals surface area contributed by atoms with Gasteiger partial charge in [0.1, 0.15) is 5.56 Å². The standard InChI is InChI=1S/C18H21N3O3/c1-12-6-4-5-9-21(12)16(22)11-20-18(24)14-10-19-15-8-3-2-7-13(15)17(14)23/h2-3,7-8,10,12H,4-6,9,11H2,1H3,(H,19,23)(H,20,24)/t12-/m0/s1. The van der Waals surface area contributed by atoms with Crippen molar-refractivity contribution >= 4 is 22.7 Å². The van der Waals surface area contributed by atoms with Crippen molar-refractivity contribution in [3.05, 3.63) is 46.2 Å². The summed E-state index contributed by atoms with van der Waals surface area (Å²) in [6.45, 7) is 2.66. The van der Waals surface area contributed by atoms with E-state index in [1.54, 1.807) is 23.1 Å². The highest BCUT2D eigenvalue weighted by Gasteiger charge is 2.23. The maximum absolute atomic E-state index is 12.4. The van der Waals surface area contributed by atoms with Crippen molar-refractivity contribution in [1.82, 2.24) is 15.2 Å². The van der Waals surface area contributed by atoms with Gasteiger partial charge in [-0.25, -0.2) is 0 Å². The third kappa shape index (κ3) is 3.18. The number of aromatic nitrogens is 1. The normalized spacial score (nSPS) is 17.7. The second-order valence-corrected chi connectivity index (χ2v) is 6.19. The lowest BCUT2D eigenvalue weighted by molar-refractivity contribution is -0.133. The molecule has 1 aromatic carbocycles. The molecule has 2 aromatic rings. The Hall–Kier alpha value is -2.63. The van der Waals surface area contributed by atoms with E-state index in [1.165, 1.54) is 6.20 Å². The number of fused-ring (bicyclic) bond motifs is 1. The number of nitrogens with one attached hydrogen (secondary N) is 2. The minimum Gasteiger partial charge on any atom is -0.360 e. The van der Waals surface area contributed by atoms with Crippen molar-refractivity contribution in [2.75, 3.05) is 13.1 Å². The van der Waals surface area contributed by atoms with E-state index in [0.717, 1.165) is 25.8 Å².